The van der Waals surface area contributed by atoms with Crippen molar-refractivity contribution in [3.05, 3.63) is 106 Å². The summed E-state index contributed by atoms with van der Waals surface area (Å²) in [5.41, 5.74) is 3.17. The maximum atomic E-state index is 13.2. The van der Waals surface area contributed by atoms with E-state index in [1.54, 1.807) is 29.2 Å². The lowest BCUT2D eigenvalue weighted by atomic mass is 10.1. The van der Waals surface area contributed by atoms with Crippen LogP contribution in [-0.2, 0) is 4.79 Å². The maximum Gasteiger partial charge on any atom is 0.275 e. The van der Waals surface area contributed by atoms with E-state index in [0.717, 1.165) is 16.9 Å². The highest BCUT2D eigenvalue weighted by Crippen LogP contribution is 2.36. The molecule has 1 unspecified atom stereocenters. The highest BCUT2D eigenvalue weighted by Gasteiger charge is 2.34. The third-order valence-electron chi connectivity index (χ3n) is 4.42. The van der Waals surface area contributed by atoms with Crippen LogP contribution in [0.2, 0.25) is 10.0 Å². The van der Waals surface area contributed by atoms with Gasteiger partial charge in [0.15, 0.2) is 0 Å². The molecule has 1 heterocycles. The lowest BCUT2D eigenvalue weighted by Crippen LogP contribution is -2.30. The number of hydrogen-bond acceptors (Lipinski definition) is 2. The number of halogens is 2. The predicted molar refractivity (Wildman–Crippen MR) is 111 cm³/mol. The molecule has 3 aromatic carbocycles. The van der Waals surface area contributed by atoms with Crippen LogP contribution < -0.4 is 10.2 Å². The normalized spacial score (nSPS) is 16.4. The Hall–Kier alpha value is -2.75. The summed E-state index contributed by atoms with van der Waals surface area (Å²) in [6.45, 7) is 0. The van der Waals surface area contributed by atoms with Gasteiger partial charge in [0, 0.05) is 21.4 Å². The Morgan fingerprint density at radius 2 is 1.37 bits per heavy atom. The topological polar surface area (TPSA) is 32.3 Å². The summed E-state index contributed by atoms with van der Waals surface area (Å²) in [4.78, 5) is 14.9. The van der Waals surface area contributed by atoms with Gasteiger partial charge in [0.1, 0.15) is 5.70 Å². The highest BCUT2D eigenvalue weighted by atomic mass is 35.5. The molecule has 0 saturated heterocycles. The van der Waals surface area contributed by atoms with Gasteiger partial charge in [-0.3, -0.25) is 9.69 Å². The molecule has 4 rings (SSSR count). The monoisotopic (exact) mass is 394 g/mol. The van der Waals surface area contributed by atoms with Gasteiger partial charge in [-0.15, -0.1) is 0 Å². The summed E-state index contributed by atoms with van der Waals surface area (Å²) in [6, 6.07) is 24.3. The van der Waals surface area contributed by atoms with Gasteiger partial charge in [-0.05, 0) is 60.2 Å². The van der Waals surface area contributed by atoms with Crippen molar-refractivity contribution in [3.63, 3.8) is 0 Å². The molecule has 5 heteroatoms. The third-order valence-corrected chi connectivity index (χ3v) is 4.92. The SMILES string of the molecule is O=C1C(Nc2ccc(Cl)cc2)=CC(c2ccccc2)N1c1ccc(Cl)cc1. The van der Waals surface area contributed by atoms with Gasteiger partial charge >= 0.3 is 0 Å². The molecule has 0 aliphatic carbocycles. The van der Waals surface area contributed by atoms with Crippen LogP contribution in [0.5, 0.6) is 0 Å². The molecule has 3 nitrogen and oxygen atoms in total. The average molecular weight is 395 g/mol. The van der Waals surface area contributed by atoms with E-state index in [4.69, 9.17) is 23.2 Å². The standard InChI is InChI=1S/C22H16Cl2N2O/c23-16-6-10-18(11-7-16)25-20-14-21(15-4-2-1-3-5-15)26(22(20)27)19-12-8-17(24)9-13-19/h1-14,21,25H. The first-order chi connectivity index (χ1) is 13.1. The fourth-order valence-electron chi connectivity index (χ4n) is 3.12. The molecule has 0 spiro atoms. The van der Waals surface area contributed by atoms with Crippen LogP contribution in [-0.4, -0.2) is 5.91 Å². The largest absolute Gasteiger partial charge is 0.351 e. The minimum absolute atomic E-state index is 0.0962. The van der Waals surface area contributed by atoms with Gasteiger partial charge in [0.05, 0.1) is 6.04 Å². The zero-order chi connectivity index (χ0) is 18.8. The Morgan fingerprint density at radius 1 is 0.778 bits per heavy atom. The number of hydrogen-bond donors (Lipinski definition) is 1. The fourth-order valence-corrected chi connectivity index (χ4v) is 3.37. The summed E-state index contributed by atoms with van der Waals surface area (Å²) in [5, 5.41) is 4.50. The van der Waals surface area contributed by atoms with Crippen LogP contribution in [0, 0.1) is 0 Å². The van der Waals surface area contributed by atoms with Crippen LogP contribution in [0.25, 0.3) is 0 Å². The van der Waals surface area contributed by atoms with E-state index < -0.39 is 0 Å². The van der Waals surface area contributed by atoms with E-state index in [9.17, 15) is 4.79 Å². The Balaban J connectivity index is 1.71. The molecule has 0 bridgehead atoms. The number of nitrogens with one attached hydrogen (secondary N) is 1. The number of benzene rings is 3. The molecular weight excluding hydrogens is 379 g/mol. The van der Waals surface area contributed by atoms with Gasteiger partial charge in [-0.2, -0.15) is 0 Å². The summed E-state index contributed by atoms with van der Waals surface area (Å²) in [7, 11) is 0. The van der Waals surface area contributed by atoms with Crippen molar-refractivity contribution in [2.75, 3.05) is 10.2 Å². The van der Waals surface area contributed by atoms with Crippen molar-refractivity contribution in [2.45, 2.75) is 6.04 Å². The van der Waals surface area contributed by atoms with Crippen LogP contribution in [0.15, 0.2) is 90.6 Å². The van der Waals surface area contributed by atoms with Gasteiger partial charge in [-0.25, -0.2) is 0 Å². The van der Waals surface area contributed by atoms with Crippen molar-refractivity contribution in [3.8, 4) is 0 Å². The van der Waals surface area contributed by atoms with E-state index >= 15 is 0 Å². The van der Waals surface area contributed by atoms with Crippen molar-refractivity contribution in [1.29, 1.82) is 0 Å². The van der Waals surface area contributed by atoms with Gasteiger partial charge in [-0.1, -0.05) is 53.5 Å². The summed E-state index contributed by atoms with van der Waals surface area (Å²) >= 11 is 12.0. The van der Waals surface area contributed by atoms with E-state index in [-0.39, 0.29) is 11.9 Å². The van der Waals surface area contributed by atoms with Gasteiger partial charge < -0.3 is 5.32 Å². The first-order valence-electron chi connectivity index (χ1n) is 8.50. The molecule has 0 fully saturated rings. The summed E-state index contributed by atoms with van der Waals surface area (Å²) in [5.74, 6) is -0.0962. The molecule has 3 aromatic rings. The number of amides is 1. The summed E-state index contributed by atoms with van der Waals surface area (Å²) in [6.07, 6.45) is 1.95. The quantitative estimate of drug-likeness (QED) is 0.581. The Kier molecular flexibility index (Phi) is 4.88. The number of carbonyl (C=O) groups excluding carboxylic acids is 1. The molecule has 27 heavy (non-hydrogen) atoms. The third kappa shape index (κ3) is 3.70. The molecule has 0 saturated carbocycles. The molecule has 0 radical (unpaired) electrons. The van der Waals surface area contributed by atoms with Crippen molar-refractivity contribution in [1.82, 2.24) is 0 Å². The number of nitrogens with zero attached hydrogens (tertiary/aromatic N) is 1. The molecule has 1 N–H and O–H groups in total. The van der Waals surface area contributed by atoms with Crippen molar-refractivity contribution >= 4 is 40.5 Å². The average Bonchev–Trinajstić information content (AvgIpc) is 3.01. The number of carbonyl (C=O) groups is 1. The zero-order valence-corrected chi connectivity index (χ0v) is 15.8. The smallest absolute Gasteiger partial charge is 0.275 e. The molecular formula is C22H16Cl2N2O. The molecule has 0 aromatic heterocycles. The van der Waals surface area contributed by atoms with E-state index in [1.807, 2.05) is 60.7 Å². The van der Waals surface area contributed by atoms with Crippen LogP contribution in [0.1, 0.15) is 11.6 Å². The van der Waals surface area contributed by atoms with Crippen LogP contribution in [0.3, 0.4) is 0 Å². The lowest BCUT2D eigenvalue weighted by molar-refractivity contribution is -0.114. The highest BCUT2D eigenvalue weighted by molar-refractivity contribution is 6.31. The minimum Gasteiger partial charge on any atom is -0.351 e. The molecule has 134 valence electrons. The van der Waals surface area contributed by atoms with E-state index in [2.05, 4.69) is 5.32 Å². The minimum atomic E-state index is -0.199. The van der Waals surface area contributed by atoms with Crippen LogP contribution >= 0.6 is 23.2 Å². The Morgan fingerprint density at radius 3 is 2.00 bits per heavy atom. The first-order valence-corrected chi connectivity index (χ1v) is 9.26. The Bertz CT molecular complexity index is 983. The predicted octanol–water partition coefficient (Wildman–Crippen LogP) is 6.08. The molecule has 1 aliphatic heterocycles. The molecule has 1 aliphatic rings. The second-order valence-electron chi connectivity index (χ2n) is 6.22. The van der Waals surface area contributed by atoms with Crippen LogP contribution in [0.4, 0.5) is 11.4 Å². The Labute approximate surface area is 167 Å². The maximum absolute atomic E-state index is 13.2. The molecule has 1 amide bonds. The first kappa shape index (κ1) is 17.7. The zero-order valence-electron chi connectivity index (χ0n) is 14.3. The summed E-state index contributed by atoms with van der Waals surface area (Å²) < 4.78 is 0. The van der Waals surface area contributed by atoms with Gasteiger partial charge in [0.2, 0.25) is 0 Å². The van der Waals surface area contributed by atoms with Gasteiger partial charge in [0.25, 0.3) is 5.91 Å². The number of anilines is 2. The van der Waals surface area contributed by atoms with E-state index in [0.29, 0.717) is 15.7 Å². The second kappa shape index (κ2) is 7.47. The van der Waals surface area contributed by atoms with Crippen molar-refractivity contribution < 1.29 is 4.79 Å². The number of rotatable bonds is 4. The van der Waals surface area contributed by atoms with Crippen molar-refractivity contribution in [2.24, 2.45) is 0 Å². The fraction of sp³-hybridized carbons (Fsp3) is 0.0455. The lowest BCUT2D eigenvalue weighted by Gasteiger charge is -2.25. The molecule has 1 atom stereocenters. The van der Waals surface area contributed by atoms with E-state index in [1.165, 1.54) is 0 Å². The second-order valence-corrected chi connectivity index (χ2v) is 7.09.